The molecule has 8 nitrogen and oxygen atoms in total. The number of likely N-dealkylation sites (N-methyl/N-ethyl adjacent to an activating group) is 1. The maximum atomic E-state index is 13.0. The largest absolute Gasteiger partial charge is 0.472 e. The van der Waals surface area contributed by atoms with E-state index in [4.69, 9.17) is 9.05 Å². The van der Waals surface area contributed by atoms with Gasteiger partial charge in [0.05, 0.1) is 39.9 Å². The minimum atomic E-state index is -4.34. The van der Waals surface area contributed by atoms with Crippen LogP contribution in [0.3, 0.4) is 0 Å². The van der Waals surface area contributed by atoms with E-state index in [0.717, 1.165) is 32.1 Å². The maximum absolute atomic E-state index is 13.0. The number of phosphoric ester groups is 1. The fraction of sp³-hybridized carbons (Fsp3) is 0.952. The number of carbonyl (C=O) groups is 1. The average Bonchev–Trinajstić information content (AvgIpc) is 3.33. The van der Waals surface area contributed by atoms with Crippen LogP contribution in [0.25, 0.3) is 0 Å². The van der Waals surface area contributed by atoms with E-state index in [2.05, 4.69) is 19.2 Å². The summed E-state index contributed by atoms with van der Waals surface area (Å²) in [6, 6.07) is -0.842. The van der Waals surface area contributed by atoms with Crippen molar-refractivity contribution in [3.63, 3.8) is 0 Å². The highest BCUT2D eigenvalue weighted by molar-refractivity contribution is 7.47. The van der Waals surface area contributed by atoms with Gasteiger partial charge in [-0.05, 0) is 19.3 Å². The third-order valence-electron chi connectivity index (χ3n) is 14.8. The van der Waals surface area contributed by atoms with E-state index >= 15 is 0 Å². The van der Waals surface area contributed by atoms with Crippen molar-refractivity contribution < 1.29 is 32.9 Å². The summed E-state index contributed by atoms with van der Waals surface area (Å²) in [4.78, 5) is 23.3. The molecule has 0 heterocycles. The lowest BCUT2D eigenvalue weighted by Gasteiger charge is -2.25. The number of unbranched alkanes of at least 4 members (excludes halogenated alkanes) is 46. The molecular formula is C62H126N2O6P+. The second-order valence-electron chi connectivity index (χ2n) is 23.2. The number of hydrogen-bond acceptors (Lipinski definition) is 5. The molecule has 3 atom stereocenters. The molecule has 0 aromatic rings. The third-order valence-corrected chi connectivity index (χ3v) is 15.7. The van der Waals surface area contributed by atoms with Crippen LogP contribution in [0.15, 0.2) is 12.2 Å². The minimum Gasteiger partial charge on any atom is -0.387 e. The van der Waals surface area contributed by atoms with Gasteiger partial charge in [-0.3, -0.25) is 13.8 Å². The van der Waals surface area contributed by atoms with Gasteiger partial charge in [-0.2, -0.15) is 0 Å². The molecule has 0 aliphatic carbocycles. The number of allylic oxidation sites excluding steroid dienone is 1. The zero-order valence-corrected chi connectivity index (χ0v) is 49.4. The van der Waals surface area contributed by atoms with E-state index in [1.165, 1.54) is 276 Å². The van der Waals surface area contributed by atoms with Crippen LogP contribution in [-0.2, 0) is 18.4 Å². The van der Waals surface area contributed by atoms with E-state index in [0.29, 0.717) is 17.4 Å². The van der Waals surface area contributed by atoms with Crippen LogP contribution < -0.4 is 5.32 Å². The van der Waals surface area contributed by atoms with Crippen molar-refractivity contribution in [2.24, 2.45) is 0 Å². The summed E-state index contributed by atoms with van der Waals surface area (Å²) in [5.41, 5.74) is 0. The summed E-state index contributed by atoms with van der Waals surface area (Å²) < 4.78 is 23.7. The van der Waals surface area contributed by atoms with Crippen molar-refractivity contribution in [2.45, 2.75) is 341 Å². The highest BCUT2D eigenvalue weighted by Gasteiger charge is 2.28. The smallest absolute Gasteiger partial charge is 0.387 e. The molecule has 0 saturated carbocycles. The molecule has 71 heavy (non-hydrogen) atoms. The van der Waals surface area contributed by atoms with Crippen LogP contribution in [0.5, 0.6) is 0 Å². The Kier molecular flexibility index (Phi) is 53.5. The summed E-state index contributed by atoms with van der Waals surface area (Å²) in [5, 5.41) is 13.9. The number of rotatable bonds is 59. The van der Waals surface area contributed by atoms with Crippen molar-refractivity contribution in [2.75, 3.05) is 40.9 Å². The summed E-state index contributed by atoms with van der Waals surface area (Å²) in [5.74, 6) is -0.169. The fourth-order valence-electron chi connectivity index (χ4n) is 9.81. The van der Waals surface area contributed by atoms with Crippen molar-refractivity contribution in [3.05, 3.63) is 12.2 Å². The Morgan fingerprint density at radius 2 is 0.746 bits per heavy atom. The number of carbonyl (C=O) groups excluding carboxylic acids is 1. The SMILES string of the molecule is CCCCCCCCCCCCCCCC/C=C/C(O)C(COP(=O)(O)OCC[N+](C)(C)C)NC(=O)CCCCCCCCCCCCCCCCCCCCCCCCCCCCCCCCCCC. The average molecular weight is 1030 g/mol. The standard InChI is InChI=1S/C62H125N2O6P/c1-6-8-10-12-14-16-18-20-22-24-25-26-27-28-29-30-31-32-33-34-35-36-37-38-39-40-42-44-46-48-50-52-54-56-62(66)63-60(59-70-71(67,68)69-58-57-64(3,4)5)61(65)55-53-51-49-47-45-43-41-23-21-19-17-15-13-11-9-7-2/h53,55,60-61,65H,6-52,54,56-59H2,1-5H3,(H-,63,66,67,68)/p+1/b55-53+. The Morgan fingerprint density at radius 1 is 0.465 bits per heavy atom. The number of quaternary nitrogens is 1. The normalized spacial score (nSPS) is 13.8. The minimum absolute atomic E-state index is 0.0652. The lowest BCUT2D eigenvalue weighted by molar-refractivity contribution is -0.870. The summed E-state index contributed by atoms with van der Waals surface area (Å²) in [6.07, 6.45) is 67.7. The number of phosphoric acid groups is 1. The van der Waals surface area contributed by atoms with Gasteiger partial charge in [0.25, 0.3) is 0 Å². The molecule has 3 unspecified atom stereocenters. The first-order valence-electron chi connectivity index (χ1n) is 31.6. The zero-order valence-electron chi connectivity index (χ0n) is 48.5. The molecule has 0 aromatic heterocycles. The van der Waals surface area contributed by atoms with Gasteiger partial charge >= 0.3 is 7.82 Å². The lowest BCUT2D eigenvalue weighted by Crippen LogP contribution is -2.45. The molecule has 0 fully saturated rings. The number of aliphatic hydroxyl groups is 1. The Bertz CT molecular complexity index is 1160. The molecule has 0 rings (SSSR count). The second kappa shape index (κ2) is 54.0. The first kappa shape index (κ1) is 70.2. The molecule has 3 N–H and O–H groups in total. The van der Waals surface area contributed by atoms with Crippen molar-refractivity contribution in [3.8, 4) is 0 Å². The van der Waals surface area contributed by atoms with Gasteiger partial charge in [0.1, 0.15) is 13.2 Å². The van der Waals surface area contributed by atoms with Gasteiger partial charge in [0, 0.05) is 6.42 Å². The number of amides is 1. The quantitative estimate of drug-likeness (QED) is 0.0243. The maximum Gasteiger partial charge on any atom is 0.472 e. The molecule has 0 aromatic carbocycles. The van der Waals surface area contributed by atoms with Crippen LogP contribution in [0.2, 0.25) is 0 Å². The van der Waals surface area contributed by atoms with Gasteiger partial charge in [0.2, 0.25) is 5.91 Å². The zero-order chi connectivity index (χ0) is 52.0. The van der Waals surface area contributed by atoms with Crippen molar-refractivity contribution in [1.82, 2.24) is 5.32 Å². The first-order chi connectivity index (χ1) is 34.5. The Morgan fingerprint density at radius 3 is 1.04 bits per heavy atom. The molecule has 424 valence electrons. The van der Waals surface area contributed by atoms with E-state index < -0.39 is 20.0 Å². The molecule has 0 aliphatic heterocycles. The van der Waals surface area contributed by atoms with E-state index in [-0.39, 0.29) is 19.1 Å². The van der Waals surface area contributed by atoms with Gasteiger partial charge in [-0.25, -0.2) is 4.57 Å². The number of hydrogen-bond donors (Lipinski definition) is 3. The van der Waals surface area contributed by atoms with Gasteiger partial charge in [-0.1, -0.05) is 315 Å². The van der Waals surface area contributed by atoms with Gasteiger partial charge in [0.15, 0.2) is 0 Å². The van der Waals surface area contributed by atoms with Crippen LogP contribution in [0, 0.1) is 0 Å². The predicted octanol–water partition coefficient (Wildman–Crippen LogP) is 19.4. The molecule has 0 saturated heterocycles. The Hall–Kier alpha value is -0.760. The molecular weight excluding hydrogens is 900 g/mol. The third kappa shape index (κ3) is 56.8. The highest BCUT2D eigenvalue weighted by Crippen LogP contribution is 2.43. The lowest BCUT2D eigenvalue weighted by atomic mass is 10.0. The summed E-state index contributed by atoms with van der Waals surface area (Å²) in [6.45, 7) is 4.87. The fourth-order valence-corrected chi connectivity index (χ4v) is 10.5. The van der Waals surface area contributed by atoms with E-state index in [1.807, 2.05) is 27.2 Å². The second-order valence-corrected chi connectivity index (χ2v) is 24.6. The number of nitrogens with one attached hydrogen (secondary N) is 1. The number of nitrogens with zero attached hydrogens (tertiary/aromatic N) is 1. The van der Waals surface area contributed by atoms with E-state index in [9.17, 15) is 19.4 Å². The van der Waals surface area contributed by atoms with E-state index in [1.54, 1.807) is 6.08 Å². The van der Waals surface area contributed by atoms with Crippen LogP contribution in [0.1, 0.15) is 328 Å². The van der Waals surface area contributed by atoms with Gasteiger partial charge in [-0.15, -0.1) is 0 Å². The van der Waals surface area contributed by atoms with Crippen LogP contribution >= 0.6 is 7.82 Å². The molecule has 9 heteroatoms. The summed E-state index contributed by atoms with van der Waals surface area (Å²) in [7, 11) is 1.59. The molecule has 0 spiro atoms. The molecule has 1 amide bonds. The Balaban J connectivity index is 3.97. The molecule has 0 radical (unpaired) electrons. The van der Waals surface area contributed by atoms with Crippen LogP contribution in [-0.4, -0.2) is 73.4 Å². The molecule has 0 aliphatic rings. The Labute approximate surface area is 443 Å². The molecule has 0 bridgehead atoms. The summed E-state index contributed by atoms with van der Waals surface area (Å²) >= 11 is 0. The first-order valence-corrected chi connectivity index (χ1v) is 33.1. The van der Waals surface area contributed by atoms with Crippen molar-refractivity contribution in [1.29, 1.82) is 0 Å². The topological polar surface area (TPSA) is 105 Å². The predicted molar refractivity (Wildman–Crippen MR) is 309 cm³/mol. The highest BCUT2D eigenvalue weighted by atomic mass is 31.2. The number of aliphatic hydroxyl groups excluding tert-OH is 1. The van der Waals surface area contributed by atoms with Gasteiger partial charge < -0.3 is 19.8 Å². The van der Waals surface area contributed by atoms with Crippen molar-refractivity contribution >= 4 is 13.7 Å². The monoisotopic (exact) mass is 1030 g/mol. The van der Waals surface area contributed by atoms with Crippen LogP contribution in [0.4, 0.5) is 0 Å².